The predicted molar refractivity (Wildman–Crippen MR) is 124 cm³/mol. The third-order valence-corrected chi connectivity index (χ3v) is 7.04. The number of nitrogens with one attached hydrogen (secondary N) is 1. The summed E-state index contributed by atoms with van der Waals surface area (Å²) in [7, 11) is 0. The molecule has 0 radical (unpaired) electrons. The number of anilines is 1. The number of thiazole rings is 1. The van der Waals surface area contributed by atoms with E-state index in [0.717, 1.165) is 44.6 Å². The second kappa shape index (κ2) is 9.42. The number of nitrogens with zero attached hydrogens (tertiary/aromatic N) is 4. The van der Waals surface area contributed by atoms with Gasteiger partial charge in [0.25, 0.3) is 0 Å². The Kier molecular flexibility index (Phi) is 6.32. The molecule has 2 aromatic heterocycles. The van der Waals surface area contributed by atoms with Crippen molar-refractivity contribution in [3.63, 3.8) is 0 Å². The van der Waals surface area contributed by atoms with Gasteiger partial charge >= 0.3 is 11.9 Å². The minimum absolute atomic E-state index is 0.00317. The van der Waals surface area contributed by atoms with Gasteiger partial charge in [0.2, 0.25) is 0 Å². The standard InChI is InChI=1S/C23H21F4N5O2S/c24-17-11-14(3-5-16(17)20-29-22(33)34-30-20)13-32(10-9-31-7-1-2-8-31)21-28-18-6-4-15(23(25,26)27)12-19(18)35-21/h3-6,11-12H,1-2,7-10,13H2,(H,29,30,33). The summed E-state index contributed by atoms with van der Waals surface area (Å²) < 4.78 is 59.2. The van der Waals surface area contributed by atoms with Gasteiger partial charge in [0, 0.05) is 19.6 Å². The molecule has 0 atom stereocenters. The van der Waals surface area contributed by atoms with Crippen LogP contribution in [0.4, 0.5) is 22.7 Å². The number of likely N-dealkylation sites (tertiary alicyclic amines) is 1. The summed E-state index contributed by atoms with van der Waals surface area (Å²) in [6.07, 6.45) is -2.16. The van der Waals surface area contributed by atoms with Gasteiger partial charge in [-0.25, -0.2) is 14.2 Å². The molecule has 7 nitrogen and oxygen atoms in total. The summed E-state index contributed by atoms with van der Waals surface area (Å²) in [6.45, 7) is 3.67. The first-order chi connectivity index (χ1) is 16.8. The van der Waals surface area contributed by atoms with Crippen LogP contribution in [0, 0.1) is 5.82 Å². The highest BCUT2D eigenvalue weighted by atomic mass is 32.1. The van der Waals surface area contributed by atoms with Crippen LogP contribution in [-0.2, 0) is 12.7 Å². The average molecular weight is 508 g/mol. The molecule has 1 fully saturated rings. The van der Waals surface area contributed by atoms with Gasteiger partial charge in [-0.05, 0) is 61.8 Å². The lowest BCUT2D eigenvalue weighted by atomic mass is 10.1. The molecule has 5 rings (SSSR count). The van der Waals surface area contributed by atoms with Crippen molar-refractivity contribution in [1.82, 2.24) is 20.0 Å². The summed E-state index contributed by atoms with van der Waals surface area (Å²) in [4.78, 5) is 22.4. The SMILES string of the molecule is O=c1[nH]c(-c2ccc(CN(CCN3CCCC3)c3nc4ccc(C(F)(F)F)cc4s3)cc2F)no1. The van der Waals surface area contributed by atoms with Crippen molar-refractivity contribution in [2.24, 2.45) is 0 Å². The molecule has 0 spiro atoms. The van der Waals surface area contributed by atoms with Gasteiger partial charge in [0.1, 0.15) is 5.82 Å². The summed E-state index contributed by atoms with van der Waals surface area (Å²) in [5.41, 5.74) is 0.518. The largest absolute Gasteiger partial charge is 0.439 e. The molecule has 1 aliphatic rings. The monoisotopic (exact) mass is 507 g/mol. The first kappa shape index (κ1) is 23.5. The van der Waals surface area contributed by atoms with Gasteiger partial charge in [-0.2, -0.15) is 13.2 Å². The lowest BCUT2D eigenvalue weighted by Crippen LogP contribution is -2.33. The fourth-order valence-corrected chi connectivity index (χ4v) is 5.18. The van der Waals surface area contributed by atoms with Crippen molar-refractivity contribution in [3.05, 3.63) is 63.9 Å². The lowest BCUT2D eigenvalue weighted by Gasteiger charge is -2.25. The Morgan fingerprint density at radius 1 is 1.14 bits per heavy atom. The van der Waals surface area contributed by atoms with E-state index in [4.69, 9.17) is 0 Å². The highest BCUT2D eigenvalue weighted by Crippen LogP contribution is 2.36. The van der Waals surface area contributed by atoms with Crippen LogP contribution in [0.2, 0.25) is 0 Å². The molecule has 35 heavy (non-hydrogen) atoms. The first-order valence-corrected chi connectivity index (χ1v) is 11.9. The number of aromatic amines is 1. The van der Waals surface area contributed by atoms with E-state index in [1.54, 1.807) is 6.07 Å². The zero-order valence-corrected chi connectivity index (χ0v) is 19.3. The van der Waals surface area contributed by atoms with Crippen molar-refractivity contribution in [3.8, 4) is 11.4 Å². The molecule has 0 amide bonds. The molecule has 2 aromatic carbocycles. The smallest absolute Gasteiger partial charge is 0.342 e. The van der Waals surface area contributed by atoms with Crippen LogP contribution < -0.4 is 10.7 Å². The van der Waals surface area contributed by atoms with Crippen LogP contribution in [0.5, 0.6) is 0 Å². The quantitative estimate of drug-likeness (QED) is 0.359. The Bertz CT molecular complexity index is 1390. The molecule has 1 saturated heterocycles. The van der Waals surface area contributed by atoms with E-state index in [1.165, 1.54) is 29.5 Å². The minimum atomic E-state index is -4.43. The molecular weight excluding hydrogens is 486 g/mol. The van der Waals surface area contributed by atoms with E-state index >= 15 is 0 Å². The highest BCUT2D eigenvalue weighted by molar-refractivity contribution is 7.22. The average Bonchev–Trinajstić information content (AvgIpc) is 3.56. The second-order valence-electron chi connectivity index (χ2n) is 8.40. The molecule has 184 valence electrons. The van der Waals surface area contributed by atoms with E-state index in [0.29, 0.717) is 34.0 Å². The van der Waals surface area contributed by atoms with E-state index in [9.17, 15) is 22.4 Å². The molecule has 12 heteroatoms. The second-order valence-corrected chi connectivity index (χ2v) is 9.41. The maximum Gasteiger partial charge on any atom is 0.439 e. The number of hydrogen-bond acceptors (Lipinski definition) is 7. The summed E-state index contributed by atoms with van der Waals surface area (Å²) in [6, 6.07) is 8.09. The number of rotatable bonds is 7. The highest BCUT2D eigenvalue weighted by Gasteiger charge is 2.31. The van der Waals surface area contributed by atoms with Gasteiger partial charge in [-0.15, -0.1) is 0 Å². The van der Waals surface area contributed by atoms with E-state index < -0.39 is 23.3 Å². The van der Waals surface area contributed by atoms with Crippen LogP contribution in [0.3, 0.4) is 0 Å². The summed E-state index contributed by atoms with van der Waals surface area (Å²) >= 11 is 1.18. The third kappa shape index (κ3) is 5.22. The van der Waals surface area contributed by atoms with Crippen molar-refractivity contribution in [2.75, 3.05) is 31.1 Å². The Hall–Kier alpha value is -3.25. The third-order valence-electron chi connectivity index (χ3n) is 5.96. The van der Waals surface area contributed by atoms with Crippen molar-refractivity contribution in [2.45, 2.75) is 25.6 Å². The Morgan fingerprint density at radius 3 is 2.63 bits per heavy atom. The molecular formula is C23H21F4N5O2S. The van der Waals surface area contributed by atoms with Crippen LogP contribution >= 0.6 is 11.3 Å². The first-order valence-electron chi connectivity index (χ1n) is 11.1. The Labute approximate surface area is 201 Å². The van der Waals surface area contributed by atoms with Crippen LogP contribution in [0.1, 0.15) is 24.0 Å². The van der Waals surface area contributed by atoms with Crippen molar-refractivity contribution >= 4 is 26.7 Å². The fourth-order valence-electron chi connectivity index (χ4n) is 4.15. The molecule has 0 unspecified atom stereocenters. The van der Waals surface area contributed by atoms with Gasteiger partial charge in [0.15, 0.2) is 11.0 Å². The number of hydrogen-bond donors (Lipinski definition) is 1. The van der Waals surface area contributed by atoms with Crippen LogP contribution in [0.25, 0.3) is 21.6 Å². The van der Waals surface area contributed by atoms with Gasteiger partial charge < -0.3 is 9.80 Å². The molecule has 0 bridgehead atoms. The van der Waals surface area contributed by atoms with E-state index in [-0.39, 0.29) is 11.4 Å². The predicted octanol–water partition coefficient (Wildman–Crippen LogP) is 4.90. The van der Waals surface area contributed by atoms with Gasteiger partial charge in [-0.1, -0.05) is 22.6 Å². The Balaban J connectivity index is 1.43. The fraction of sp³-hybridized carbons (Fsp3) is 0.348. The summed E-state index contributed by atoms with van der Waals surface area (Å²) in [5.74, 6) is -1.36. The van der Waals surface area contributed by atoms with Gasteiger partial charge in [0.05, 0.1) is 21.3 Å². The van der Waals surface area contributed by atoms with Crippen LogP contribution in [-0.4, -0.2) is 46.2 Å². The molecule has 4 aromatic rings. The normalized spacial score (nSPS) is 14.7. The lowest BCUT2D eigenvalue weighted by molar-refractivity contribution is -0.137. The number of H-pyrrole nitrogens is 1. The zero-order chi connectivity index (χ0) is 24.6. The van der Waals surface area contributed by atoms with Gasteiger partial charge in [-0.3, -0.25) is 9.51 Å². The zero-order valence-electron chi connectivity index (χ0n) is 18.4. The molecule has 3 heterocycles. The molecule has 1 aliphatic heterocycles. The number of fused-ring (bicyclic) bond motifs is 1. The number of alkyl halides is 3. The minimum Gasteiger partial charge on any atom is -0.342 e. The molecule has 0 saturated carbocycles. The van der Waals surface area contributed by atoms with E-state index in [2.05, 4.69) is 24.5 Å². The summed E-state index contributed by atoms with van der Waals surface area (Å²) in [5, 5.41) is 4.09. The van der Waals surface area contributed by atoms with Crippen molar-refractivity contribution in [1.29, 1.82) is 0 Å². The van der Waals surface area contributed by atoms with E-state index in [1.807, 2.05) is 4.90 Å². The number of benzene rings is 2. The van der Waals surface area contributed by atoms with Crippen molar-refractivity contribution < 1.29 is 22.1 Å². The number of halogens is 4. The Morgan fingerprint density at radius 2 is 1.94 bits per heavy atom. The number of aromatic nitrogens is 3. The molecule has 0 aliphatic carbocycles. The van der Waals surface area contributed by atoms with Crippen LogP contribution in [0.15, 0.2) is 45.7 Å². The maximum atomic E-state index is 14.8. The maximum absolute atomic E-state index is 14.8. The topological polar surface area (TPSA) is 78.3 Å². The molecule has 1 N–H and O–H groups in total.